The van der Waals surface area contributed by atoms with Crippen LogP contribution < -0.4 is 0 Å². The molecule has 0 spiro atoms. The average Bonchev–Trinajstić information content (AvgIpc) is 1.59. The van der Waals surface area contributed by atoms with Gasteiger partial charge in [-0.3, -0.25) is 0 Å². The summed E-state index contributed by atoms with van der Waals surface area (Å²) < 4.78 is 2.34. The number of benzene rings is 14. The molecule has 4 radical (unpaired) electrons. The van der Waals surface area contributed by atoms with Crippen LogP contribution in [-0.4, -0.2) is 29.5 Å². The molecule has 6 nitrogen and oxygen atoms in total. The van der Waals surface area contributed by atoms with Crippen LogP contribution in [0, 0.1) is 37.3 Å². The molecule has 10 heteroatoms. The molecule has 6 aromatic heterocycles. The molecular formula is C129H119Ir4N6-5. The standard InChI is InChI=1S/C35H31N2.C29H24N.C24H26N.C23H24N.C18H14N.4Ir/c1(5-13-27-14-7-3-8-15-27)2-6-16-28-21-24-33(36-26-28)29-22-23-32-31-19-11-12-20-34(31)37(35(32)25-29)30-17-9-4-10-18-30;1-2-8-22(9-3-1)10-4-5-11-23-18-19-30-29(20-23)26-16-17-28-25(21-26)15-14-24-12-6-7-13-27(24)28;1(2-6-12-21-13-8-4-9-14-21)3-7-15-22-18-19-24(25-20-22)23-16-10-5-11-17-23;1(5-11-20-12-7-3-8-13-20)2-6-14-21-17-18-23(24-19-21)22-15-9-4-10-16-22;1-14-10-11-18(19-13-14)17-9-5-8-16(12-17)15-6-3-2-4-7-15;;;;/h3-4,7-12,14-15,17-21,23-26H,1-2,5-6,13,16H2;1-3,6-9,12-15,17-21H,4-5,10-11H2;4-5,8-11,13-14,16,18-20H,1-3,6-7,12,15H2;3-4,7-10,12-13,15,17-19H,1-2,5-6,11,14H2;2-8,10-13H,1H3;;;;/q5*-1;;;;. The molecule has 20 aromatic rings. The summed E-state index contributed by atoms with van der Waals surface area (Å²) in [6.07, 6.45) is 38.1. The normalized spacial score (nSPS) is 10.6. The van der Waals surface area contributed by atoms with Crippen molar-refractivity contribution in [3.05, 3.63) is 506 Å². The van der Waals surface area contributed by atoms with Crippen LogP contribution >= 0.6 is 0 Å². The van der Waals surface area contributed by atoms with E-state index in [4.69, 9.17) is 4.98 Å². The van der Waals surface area contributed by atoms with Crippen LogP contribution in [0.4, 0.5) is 0 Å². The Labute approximate surface area is 878 Å². The Hall–Kier alpha value is -12.3. The number of hydrogen-bond acceptors (Lipinski definition) is 5. The summed E-state index contributed by atoms with van der Waals surface area (Å²) in [5, 5.41) is 7.48. The molecule has 0 saturated heterocycles. The summed E-state index contributed by atoms with van der Waals surface area (Å²) >= 11 is 0. The first-order valence-electron chi connectivity index (χ1n) is 48.6. The van der Waals surface area contributed by atoms with E-state index in [9.17, 15) is 0 Å². The molecule has 0 aliphatic heterocycles. The van der Waals surface area contributed by atoms with E-state index in [0.29, 0.717) is 0 Å². The summed E-state index contributed by atoms with van der Waals surface area (Å²) in [7, 11) is 0. The van der Waals surface area contributed by atoms with Gasteiger partial charge in [0.25, 0.3) is 0 Å². The van der Waals surface area contributed by atoms with Crippen molar-refractivity contribution in [3.63, 3.8) is 0 Å². The number of pyridine rings is 5. The first-order valence-corrected chi connectivity index (χ1v) is 48.6. The maximum atomic E-state index is 4.83. The first-order chi connectivity index (χ1) is 66.9. The van der Waals surface area contributed by atoms with Gasteiger partial charge in [-0.05, 0) is 229 Å². The van der Waals surface area contributed by atoms with Gasteiger partial charge in [-0.15, -0.1) is 160 Å². The maximum Gasteiger partial charge on any atom is 0.0444 e. The molecular weight excluding hydrogens is 2400 g/mol. The van der Waals surface area contributed by atoms with Gasteiger partial charge in [-0.1, -0.05) is 346 Å². The minimum Gasteiger partial charge on any atom is -0.328 e. The number of rotatable bonds is 34. The Kier molecular flexibility index (Phi) is 44.0. The number of para-hydroxylation sites is 2. The van der Waals surface area contributed by atoms with Gasteiger partial charge in [0.2, 0.25) is 0 Å². The molecule has 20 rings (SSSR count). The largest absolute Gasteiger partial charge is 0.328 e. The number of aryl methyl sites for hydroxylation is 9. The molecule has 0 aliphatic rings. The molecule has 0 amide bonds. The van der Waals surface area contributed by atoms with E-state index in [2.05, 4.69) is 395 Å². The molecule has 0 bridgehead atoms. The summed E-state index contributed by atoms with van der Waals surface area (Å²) in [5.74, 6) is 0. The Bertz CT molecular complexity index is 6900. The molecule has 0 unspecified atom stereocenters. The summed E-state index contributed by atoms with van der Waals surface area (Å²) in [5.41, 5.74) is 28.4. The molecule has 0 aliphatic carbocycles. The van der Waals surface area contributed by atoms with Crippen LogP contribution in [-0.2, 0) is 132 Å². The van der Waals surface area contributed by atoms with E-state index >= 15 is 0 Å². The zero-order valence-corrected chi connectivity index (χ0v) is 88.8. The van der Waals surface area contributed by atoms with Crippen molar-refractivity contribution in [1.29, 1.82) is 0 Å². The maximum absolute atomic E-state index is 4.83. The van der Waals surface area contributed by atoms with E-state index in [0.717, 1.165) is 94.1 Å². The number of unbranched alkanes of at least 4 members (excludes halogenated alkanes) is 11. The van der Waals surface area contributed by atoms with Crippen LogP contribution in [0.1, 0.15) is 146 Å². The average molecular weight is 2520 g/mol. The van der Waals surface area contributed by atoms with Crippen LogP contribution in [0.15, 0.2) is 425 Å². The summed E-state index contributed by atoms with van der Waals surface area (Å²) in [6, 6.07) is 155. The van der Waals surface area contributed by atoms with Crippen molar-refractivity contribution >= 4 is 43.4 Å². The smallest absolute Gasteiger partial charge is 0.0444 e. The van der Waals surface area contributed by atoms with Crippen molar-refractivity contribution in [1.82, 2.24) is 29.5 Å². The zero-order chi connectivity index (χ0) is 91.7. The Morgan fingerprint density at radius 1 is 0.216 bits per heavy atom. The van der Waals surface area contributed by atoms with Gasteiger partial charge in [0, 0.05) is 123 Å². The van der Waals surface area contributed by atoms with Crippen molar-refractivity contribution in [2.45, 2.75) is 155 Å². The topological polar surface area (TPSA) is 69.4 Å². The van der Waals surface area contributed by atoms with E-state index in [1.807, 2.05) is 92.5 Å². The monoisotopic (exact) mass is 2520 g/mol. The third-order valence-corrected chi connectivity index (χ3v) is 25.1. The second-order valence-corrected chi connectivity index (χ2v) is 35.1. The minimum atomic E-state index is 0. The van der Waals surface area contributed by atoms with Crippen LogP contribution in [0.3, 0.4) is 0 Å². The number of nitrogens with zero attached hydrogens (tertiary/aromatic N) is 6. The molecule has 706 valence electrons. The Balaban J connectivity index is 0.000000157. The van der Waals surface area contributed by atoms with Gasteiger partial charge in [0.1, 0.15) is 0 Å². The molecule has 6 heterocycles. The molecule has 0 atom stereocenters. The van der Waals surface area contributed by atoms with Crippen LogP contribution in [0.2, 0.25) is 0 Å². The van der Waals surface area contributed by atoms with E-state index in [1.54, 1.807) is 0 Å². The quantitative estimate of drug-likeness (QED) is 0.0228. The van der Waals surface area contributed by atoms with Gasteiger partial charge in [-0.25, -0.2) is 0 Å². The Morgan fingerprint density at radius 2 is 0.597 bits per heavy atom. The first kappa shape index (κ1) is 106. The van der Waals surface area contributed by atoms with E-state index in [-0.39, 0.29) is 80.4 Å². The minimum absolute atomic E-state index is 0. The van der Waals surface area contributed by atoms with E-state index in [1.165, 1.54) is 220 Å². The SMILES string of the molecule is Cc1ccc(-c2[c-]ccc(-c3ccccc3)c2)nc1.[Ir].[Ir].[Ir].[Ir].[c-]1cc2c(ccc3ccccc32)cc1-c1cc(CCCCc2ccccc2)ccn1.[c-]1cc2c3ccccc3n(-c3ccccc3)c2cc1-c1ccc(CCCCCCc2ccccc2)cn1.[c-]1ccccc1-c1ccc(CCCCCCCc2ccccc2)cn1.[c-]1ccccc1-c1ccc(CCCCCCc2ccccc2)cn1. The van der Waals surface area contributed by atoms with Crippen molar-refractivity contribution in [2.24, 2.45) is 0 Å². The van der Waals surface area contributed by atoms with Crippen LogP contribution in [0.25, 0.3) is 116 Å². The molecule has 14 aromatic carbocycles. The Morgan fingerprint density at radius 3 is 1.07 bits per heavy atom. The predicted octanol–water partition coefficient (Wildman–Crippen LogP) is 33.1. The summed E-state index contributed by atoms with van der Waals surface area (Å²) in [6.45, 7) is 2.04. The van der Waals surface area contributed by atoms with Crippen LogP contribution in [0.5, 0.6) is 0 Å². The zero-order valence-electron chi connectivity index (χ0n) is 79.2. The third kappa shape index (κ3) is 32.4. The van der Waals surface area contributed by atoms with Crippen molar-refractivity contribution in [2.75, 3.05) is 0 Å². The number of fused-ring (bicyclic) bond motifs is 6. The second kappa shape index (κ2) is 58.0. The van der Waals surface area contributed by atoms with E-state index < -0.39 is 0 Å². The van der Waals surface area contributed by atoms with Gasteiger partial charge >= 0.3 is 0 Å². The van der Waals surface area contributed by atoms with Crippen molar-refractivity contribution in [3.8, 4) is 73.1 Å². The summed E-state index contributed by atoms with van der Waals surface area (Å²) in [4.78, 5) is 23.1. The van der Waals surface area contributed by atoms with Gasteiger partial charge < -0.3 is 29.5 Å². The fourth-order valence-corrected chi connectivity index (χ4v) is 17.6. The third-order valence-electron chi connectivity index (χ3n) is 25.1. The number of aromatic nitrogens is 6. The fraction of sp³-hybridized carbons (Fsp3) is 0.186. The van der Waals surface area contributed by atoms with Gasteiger partial charge in [0.15, 0.2) is 0 Å². The van der Waals surface area contributed by atoms with Gasteiger partial charge in [-0.2, -0.15) is 0 Å². The molecule has 0 N–H and O–H groups in total. The molecule has 139 heavy (non-hydrogen) atoms. The molecule has 0 fully saturated rings. The second-order valence-electron chi connectivity index (χ2n) is 35.1. The predicted molar refractivity (Wildman–Crippen MR) is 567 cm³/mol. The molecule has 0 saturated carbocycles. The fourth-order valence-electron chi connectivity index (χ4n) is 17.6. The number of hydrogen-bond donors (Lipinski definition) is 0. The van der Waals surface area contributed by atoms with Gasteiger partial charge in [0.05, 0.1) is 0 Å². The van der Waals surface area contributed by atoms with Crippen molar-refractivity contribution < 1.29 is 80.4 Å².